The zero-order chi connectivity index (χ0) is 14.7. The summed E-state index contributed by atoms with van der Waals surface area (Å²) in [6.45, 7) is 7.65. The van der Waals surface area contributed by atoms with Gasteiger partial charge in [-0.2, -0.15) is 0 Å². The van der Waals surface area contributed by atoms with Crippen molar-refractivity contribution in [2.75, 3.05) is 5.75 Å². The van der Waals surface area contributed by atoms with Crippen molar-refractivity contribution < 1.29 is 4.79 Å². The van der Waals surface area contributed by atoms with Crippen LogP contribution in [0.3, 0.4) is 0 Å². The quantitative estimate of drug-likeness (QED) is 0.618. The maximum Gasteiger partial charge on any atom is 0.178 e. The number of nitrogens with zero attached hydrogens (tertiary/aromatic N) is 2. The number of hydrogen-bond acceptors (Lipinski definition) is 5. The lowest BCUT2D eigenvalue weighted by Gasteiger charge is -2.11. The molecular formula is C15H18N2OS2. The molecule has 0 aliphatic carbocycles. The number of rotatable bonds is 5. The molecule has 0 aliphatic heterocycles. The van der Waals surface area contributed by atoms with Crippen LogP contribution in [0.4, 0.5) is 0 Å². The van der Waals surface area contributed by atoms with Crippen LogP contribution in [0.5, 0.6) is 0 Å². The van der Waals surface area contributed by atoms with E-state index in [2.05, 4.69) is 9.97 Å². The molecule has 0 fully saturated rings. The van der Waals surface area contributed by atoms with E-state index in [9.17, 15) is 4.79 Å². The van der Waals surface area contributed by atoms with Crippen LogP contribution in [0.1, 0.15) is 39.1 Å². The Bertz CT molecular complexity index is 635. The van der Waals surface area contributed by atoms with Gasteiger partial charge in [0, 0.05) is 28.6 Å². The van der Waals surface area contributed by atoms with Crippen LogP contribution >= 0.6 is 23.1 Å². The minimum Gasteiger partial charge on any atom is -0.293 e. The third-order valence-electron chi connectivity index (χ3n) is 3.20. The fourth-order valence-electron chi connectivity index (χ4n) is 2.11. The zero-order valence-electron chi connectivity index (χ0n) is 12.2. The molecule has 3 nitrogen and oxygen atoms in total. The summed E-state index contributed by atoms with van der Waals surface area (Å²) in [4.78, 5) is 22.6. The summed E-state index contributed by atoms with van der Waals surface area (Å²) in [6.07, 6.45) is 2.81. The van der Waals surface area contributed by atoms with E-state index in [-0.39, 0.29) is 5.78 Å². The van der Waals surface area contributed by atoms with Crippen LogP contribution < -0.4 is 0 Å². The molecule has 2 heterocycles. The molecule has 0 saturated carbocycles. The number of thiazole rings is 1. The van der Waals surface area contributed by atoms with Gasteiger partial charge in [0.15, 0.2) is 5.78 Å². The fraction of sp³-hybridized carbons (Fsp3) is 0.400. The van der Waals surface area contributed by atoms with E-state index in [1.54, 1.807) is 36.2 Å². The smallest absolute Gasteiger partial charge is 0.178 e. The van der Waals surface area contributed by atoms with Gasteiger partial charge in [0.25, 0.3) is 0 Å². The number of Topliss-reactive ketones (excluding diaryl/α,β-unsaturated/α-hetero) is 1. The lowest BCUT2D eigenvalue weighted by Crippen LogP contribution is -2.03. The Kier molecular flexibility index (Phi) is 4.94. The Morgan fingerprint density at radius 3 is 2.65 bits per heavy atom. The summed E-state index contributed by atoms with van der Waals surface area (Å²) in [6, 6.07) is 0. The molecule has 106 valence electrons. The van der Waals surface area contributed by atoms with Gasteiger partial charge < -0.3 is 0 Å². The summed E-state index contributed by atoms with van der Waals surface area (Å²) >= 11 is 3.51. The lowest BCUT2D eigenvalue weighted by molar-refractivity contribution is 0.101. The molecule has 2 aromatic heterocycles. The topological polar surface area (TPSA) is 42.9 Å². The number of pyridine rings is 1. The molecule has 2 aromatic rings. The molecular weight excluding hydrogens is 288 g/mol. The molecule has 0 aromatic carbocycles. The number of aryl methyl sites for hydroxylation is 3. The zero-order valence-corrected chi connectivity index (χ0v) is 13.8. The largest absolute Gasteiger partial charge is 0.293 e. The number of thioether (sulfide) groups is 1. The first-order valence-electron chi connectivity index (χ1n) is 6.49. The first kappa shape index (κ1) is 15.2. The molecule has 0 amide bonds. The van der Waals surface area contributed by atoms with Gasteiger partial charge in [-0.1, -0.05) is 0 Å². The summed E-state index contributed by atoms with van der Waals surface area (Å²) in [5, 5.41) is 0. The number of carbonyl (C=O) groups excluding carboxylic acids is 1. The van der Waals surface area contributed by atoms with Crippen LogP contribution in [-0.4, -0.2) is 21.5 Å². The molecule has 0 bridgehead atoms. The van der Waals surface area contributed by atoms with Crippen molar-refractivity contribution >= 4 is 28.9 Å². The van der Waals surface area contributed by atoms with Gasteiger partial charge in [0.05, 0.1) is 11.2 Å². The van der Waals surface area contributed by atoms with Gasteiger partial charge in [-0.25, -0.2) is 4.98 Å². The van der Waals surface area contributed by atoms with Crippen molar-refractivity contribution in [2.24, 2.45) is 0 Å². The molecule has 0 saturated heterocycles. The van der Waals surface area contributed by atoms with E-state index in [1.807, 2.05) is 26.3 Å². The van der Waals surface area contributed by atoms with E-state index >= 15 is 0 Å². The maximum atomic E-state index is 11.6. The average Bonchev–Trinajstić information content (AvgIpc) is 2.78. The van der Waals surface area contributed by atoms with Crippen LogP contribution in [-0.2, 0) is 6.42 Å². The van der Waals surface area contributed by atoms with Crippen LogP contribution in [0, 0.1) is 20.8 Å². The van der Waals surface area contributed by atoms with Gasteiger partial charge in [-0.15, -0.1) is 23.1 Å². The monoisotopic (exact) mass is 306 g/mol. The third kappa shape index (κ3) is 3.27. The van der Waals surface area contributed by atoms with Crippen LogP contribution in [0.15, 0.2) is 16.6 Å². The third-order valence-corrected chi connectivity index (χ3v) is 5.52. The van der Waals surface area contributed by atoms with Crippen LogP contribution in [0.25, 0.3) is 0 Å². The van der Waals surface area contributed by atoms with Gasteiger partial charge in [-0.3, -0.25) is 9.78 Å². The Hall–Kier alpha value is -1.20. The highest BCUT2D eigenvalue weighted by molar-refractivity contribution is 7.99. The fourth-order valence-corrected chi connectivity index (χ4v) is 4.12. The standard InChI is InChI=1S/C15H18N2OS2/c1-9-7-16-14(12(4)18)10(2)15(9)19-6-5-13-11(3)17-8-20-13/h7-8H,5-6H2,1-4H3. The Balaban J connectivity index is 2.11. The summed E-state index contributed by atoms with van der Waals surface area (Å²) < 4.78 is 0. The molecule has 0 N–H and O–H groups in total. The molecule has 5 heteroatoms. The predicted molar refractivity (Wildman–Crippen MR) is 85.0 cm³/mol. The predicted octanol–water partition coefficient (Wildman–Crippen LogP) is 4.00. The van der Waals surface area contributed by atoms with Crippen molar-refractivity contribution in [1.29, 1.82) is 0 Å². The second-order valence-corrected chi connectivity index (χ2v) is 6.80. The number of carbonyl (C=O) groups is 1. The van der Waals surface area contributed by atoms with Gasteiger partial charge >= 0.3 is 0 Å². The number of hydrogen-bond donors (Lipinski definition) is 0. The summed E-state index contributed by atoms with van der Waals surface area (Å²) in [7, 11) is 0. The summed E-state index contributed by atoms with van der Waals surface area (Å²) in [5.74, 6) is 1.02. The molecule has 0 unspecified atom stereocenters. The Morgan fingerprint density at radius 1 is 1.30 bits per heavy atom. The van der Waals surface area contributed by atoms with Crippen LogP contribution in [0.2, 0.25) is 0 Å². The minimum absolute atomic E-state index is 0.0302. The maximum absolute atomic E-state index is 11.6. The lowest BCUT2D eigenvalue weighted by atomic mass is 10.1. The number of aromatic nitrogens is 2. The molecule has 0 radical (unpaired) electrons. The first-order valence-corrected chi connectivity index (χ1v) is 8.36. The van der Waals surface area contributed by atoms with Gasteiger partial charge in [0.2, 0.25) is 0 Å². The highest BCUT2D eigenvalue weighted by atomic mass is 32.2. The van der Waals surface area contributed by atoms with Crippen molar-refractivity contribution in [2.45, 2.75) is 39.0 Å². The second kappa shape index (κ2) is 6.50. The van der Waals surface area contributed by atoms with Crippen molar-refractivity contribution in [1.82, 2.24) is 9.97 Å². The van der Waals surface area contributed by atoms with Crippen molar-refractivity contribution in [3.63, 3.8) is 0 Å². The van der Waals surface area contributed by atoms with Crippen molar-refractivity contribution in [3.05, 3.63) is 39.1 Å². The van der Waals surface area contributed by atoms with E-state index in [0.717, 1.165) is 29.0 Å². The average molecular weight is 306 g/mol. The number of ketones is 1. The minimum atomic E-state index is 0.0302. The van der Waals surface area contributed by atoms with E-state index in [4.69, 9.17) is 0 Å². The Labute approximate surface area is 127 Å². The molecule has 0 atom stereocenters. The SMILES string of the molecule is CC(=O)c1ncc(C)c(SCCc2scnc2C)c1C. The summed E-state index contributed by atoms with van der Waals surface area (Å²) in [5.41, 5.74) is 5.75. The normalized spacial score (nSPS) is 10.8. The Morgan fingerprint density at radius 2 is 2.05 bits per heavy atom. The highest BCUT2D eigenvalue weighted by Gasteiger charge is 2.13. The first-order chi connectivity index (χ1) is 9.50. The van der Waals surface area contributed by atoms with E-state index in [1.165, 1.54) is 9.77 Å². The van der Waals surface area contributed by atoms with Crippen molar-refractivity contribution in [3.8, 4) is 0 Å². The molecule has 2 rings (SSSR count). The molecule has 0 spiro atoms. The molecule has 20 heavy (non-hydrogen) atoms. The molecule has 0 aliphatic rings. The van der Waals surface area contributed by atoms with E-state index < -0.39 is 0 Å². The second-order valence-electron chi connectivity index (χ2n) is 4.76. The van der Waals surface area contributed by atoms with Gasteiger partial charge in [0.1, 0.15) is 5.69 Å². The van der Waals surface area contributed by atoms with E-state index in [0.29, 0.717) is 5.69 Å². The highest BCUT2D eigenvalue weighted by Crippen LogP contribution is 2.29. The van der Waals surface area contributed by atoms with Gasteiger partial charge in [-0.05, 0) is 38.3 Å².